The maximum Gasteiger partial charge on any atom is 0.175 e. The number of hydrogen-bond donors (Lipinski definition) is 1. The number of nitrogens with one attached hydrogen (secondary N) is 1. The summed E-state index contributed by atoms with van der Waals surface area (Å²) in [6.45, 7) is 12.5. The fourth-order valence-corrected chi connectivity index (χ4v) is 5.47. The van der Waals surface area contributed by atoms with E-state index in [-0.39, 0.29) is 11.7 Å². The molecule has 5 heterocycles. The summed E-state index contributed by atoms with van der Waals surface area (Å²) in [6, 6.07) is 2.09. The van der Waals surface area contributed by atoms with E-state index < -0.39 is 0 Å². The first-order valence-electron chi connectivity index (χ1n) is 12.1. The Hall–Kier alpha value is -2.96. The Morgan fingerprint density at radius 3 is 2.61 bits per heavy atom. The van der Waals surface area contributed by atoms with Crippen LogP contribution in [0.15, 0.2) is 24.8 Å². The average molecular weight is 449 g/mol. The molecule has 0 bridgehead atoms. The Bertz CT molecular complexity index is 1290. The van der Waals surface area contributed by atoms with Gasteiger partial charge in [0.05, 0.1) is 17.4 Å². The maximum atomic E-state index is 16.0. The third-order valence-corrected chi connectivity index (χ3v) is 6.94. The SMILES string of the molecule is Cc1cc(-c2[nH]c3cnc(N4CCC(CC(C)C)CC4)c(F)c3c2C(C)C)cn2ncnc12. The Balaban J connectivity index is 1.57. The summed E-state index contributed by atoms with van der Waals surface area (Å²) >= 11 is 0. The molecule has 1 aliphatic rings. The van der Waals surface area contributed by atoms with E-state index in [4.69, 9.17) is 0 Å². The van der Waals surface area contributed by atoms with Crippen LogP contribution in [0.3, 0.4) is 0 Å². The summed E-state index contributed by atoms with van der Waals surface area (Å²) in [6.07, 6.45) is 8.76. The molecule has 174 valence electrons. The van der Waals surface area contributed by atoms with Gasteiger partial charge < -0.3 is 9.88 Å². The van der Waals surface area contributed by atoms with Gasteiger partial charge in [-0.2, -0.15) is 5.10 Å². The molecule has 0 amide bonds. The van der Waals surface area contributed by atoms with Crippen molar-refractivity contribution in [1.29, 1.82) is 0 Å². The maximum absolute atomic E-state index is 16.0. The molecule has 1 N–H and O–H groups in total. The lowest BCUT2D eigenvalue weighted by Gasteiger charge is -2.33. The number of hydrogen-bond acceptors (Lipinski definition) is 4. The second-order valence-corrected chi connectivity index (χ2v) is 10.3. The van der Waals surface area contributed by atoms with Crippen LogP contribution >= 0.6 is 0 Å². The zero-order valence-electron chi connectivity index (χ0n) is 20.2. The first-order valence-corrected chi connectivity index (χ1v) is 12.1. The van der Waals surface area contributed by atoms with Gasteiger partial charge >= 0.3 is 0 Å². The Morgan fingerprint density at radius 1 is 1.15 bits per heavy atom. The first-order chi connectivity index (χ1) is 15.8. The summed E-state index contributed by atoms with van der Waals surface area (Å²) in [5.74, 6) is 1.86. The first kappa shape index (κ1) is 21.9. The highest BCUT2D eigenvalue weighted by Gasteiger charge is 2.27. The normalized spacial score (nSPS) is 15.6. The molecule has 33 heavy (non-hydrogen) atoms. The summed E-state index contributed by atoms with van der Waals surface area (Å²) in [5, 5.41) is 4.97. The lowest BCUT2D eigenvalue weighted by molar-refractivity contribution is 0.336. The van der Waals surface area contributed by atoms with Crippen LogP contribution in [0.4, 0.5) is 10.2 Å². The Labute approximate surface area is 194 Å². The van der Waals surface area contributed by atoms with E-state index in [2.05, 4.69) is 58.7 Å². The van der Waals surface area contributed by atoms with E-state index in [0.29, 0.717) is 17.1 Å². The van der Waals surface area contributed by atoms with Crippen molar-refractivity contribution in [3.63, 3.8) is 0 Å². The van der Waals surface area contributed by atoms with Gasteiger partial charge in [0.1, 0.15) is 6.33 Å². The molecule has 6 nitrogen and oxygen atoms in total. The number of fused-ring (bicyclic) bond motifs is 2. The van der Waals surface area contributed by atoms with Gasteiger partial charge in [0, 0.05) is 30.2 Å². The number of rotatable bonds is 5. The number of halogens is 1. The van der Waals surface area contributed by atoms with Gasteiger partial charge in [-0.1, -0.05) is 27.7 Å². The fourth-order valence-electron chi connectivity index (χ4n) is 5.47. The van der Waals surface area contributed by atoms with Crippen molar-refractivity contribution in [1.82, 2.24) is 24.6 Å². The van der Waals surface area contributed by atoms with Crippen molar-refractivity contribution >= 4 is 22.4 Å². The molecular weight excluding hydrogens is 415 g/mol. The Kier molecular flexibility index (Phi) is 5.59. The third-order valence-electron chi connectivity index (χ3n) is 6.94. The molecule has 0 aromatic carbocycles. The largest absolute Gasteiger partial charge is 0.354 e. The molecule has 0 aliphatic carbocycles. The predicted molar refractivity (Wildman–Crippen MR) is 131 cm³/mol. The zero-order chi connectivity index (χ0) is 23.3. The number of aromatic amines is 1. The summed E-state index contributed by atoms with van der Waals surface area (Å²) < 4.78 is 17.8. The van der Waals surface area contributed by atoms with Crippen molar-refractivity contribution in [3.05, 3.63) is 41.7 Å². The lowest BCUT2D eigenvalue weighted by Crippen LogP contribution is -2.35. The van der Waals surface area contributed by atoms with Crippen molar-refractivity contribution in [3.8, 4) is 11.3 Å². The summed E-state index contributed by atoms with van der Waals surface area (Å²) in [4.78, 5) is 14.5. The smallest absolute Gasteiger partial charge is 0.175 e. The van der Waals surface area contributed by atoms with Gasteiger partial charge in [0.2, 0.25) is 0 Å². The number of pyridine rings is 2. The van der Waals surface area contributed by atoms with Crippen molar-refractivity contribution in [2.45, 2.75) is 59.8 Å². The van der Waals surface area contributed by atoms with E-state index in [1.165, 1.54) is 6.42 Å². The molecule has 7 heteroatoms. The molecule has 1 fully saturated rings. The van der Waals surface area contributed by atoms with Crippen LogP contribution in [-0.4, -0.2) is 37.7 Å². The van der Waals surface area contributed by atoms with Crippen LogP contribution in [-0.2, 0) is 0 Å². The molecular formula is C26H33FN6. The van der Waals surface area contributed by atoms with Crippen molar-refractivity contribution in [2.75, 3.05) is 18.0 Å². The minimum absolute atomic E-state index is 0.141. The van der Waals surface area contributed by atoms with Crippen LogP contribution in [0, 0.1) is 24.6 Å². The van der Waals surface area contributed by atoms with Crippen molar-refractivity contribution in [2.24, 2.45) is 11.8 Å². The molecule has 0 unspecified atom stereocenters. The van der Waals surface area contributed by atoms with E-state index in [1.54, 1.807) is 17.0 Å². The summed E-state index contributed by atoms with van der Waals surface area (Å²) in [7, 11) is 0. The fraction of sp³-hybridized carbons (Fsp3) is 0.500. The van der Waals surface area contributed by atoms with Gasteiger partial charge in [-0.3, -0.25) is 0 Å². The molecule has 5 rings (SSSR count). The van der Waals surface area contributed by atoms with E-state index in [0.717, 1.165) is 65.4 Å². The average Bonchev–Trinajstić information content (AvgIpc) is 3.39. The summed E-state index contributed by atoms with van der Waals surface area (Å²) in [5.41, 5.74) is 5.48. The van der Waals surface area contributed by atoms with Gasteiger partial charge in [-0.15, -0.1) is 0 Å². The Morgan fingerprint density at radius 2 is 1.91 bits per heavy atom. The third kappa shape index (κ3) is 3.87. The second-order valence-electron chi connectivity index (χ2n) is 10.3. The van der Waals surface area contributed by atoms with E-state index in [1.807, 2.05) is 13.1 Å². The van der Waals surface area contributed by atoms with Gasteiger partial charge in [-0.25, -0.2) is 18.9 Å². The molecule has 1 aliphatic heterocycles. The minimum atomic E-state index is -0.209. The van der Waals surface area contributed by atoms with Crippen LogP contribution in [0.2, 0.25) is 0 Å². The molecule has 0 saturated carbocycles. The number of aromatic nitrogens is 5. The molecule has 0 atom stereocenters. The van der Waals surface area contributed by atoms with Gasteiger partial charge in [-0.05, 0) is 61.1 Å². The monoisotopic (exact) mass is 448 g/mol. The highest BCUT2D eigenvalue weighted by Crippen LogP contribution is 2.39. The van der Waals surface area contributed by atoms with E-state index >= 15 is 4.39 Å². The minimum Gasteiger partial charge on any atom is -0.354 e. The molecule has 4 aromatic heterocycles. The van der Waals surface area contributed by atoms with Crippen LogP contribution in [0.25, 0.3) is 27.8 Å². The zero-order valence-corrected chi connectivity index (χ0v) is 20.2. The van der Waals surface area contributed by atoms with Gasteiger partial charge in [0.15, 0.2) is 17.3 Å². The number of H-pyrrole nitrogens is 1. The number of nitrogens with zero attached hydrogens (tertiary/aromatic N) is 5. The highest BCUT2D eigenvalue weighted by molar-refractivity contribution is 5.93. The molecule has 0 spiro atoms. The molecule has 4 aromatic rings. The standard InChI is InChI=1S/C26H33FN6/c1-15(2)10-18-6-8-32(9-7-18)26-23(27)22-20(12-28-26)31-24(21(22)16(3)4)19-11-17(5)25-29-14-30-33(25)13-19/h11-16,18,31H,6-10H2,1-5H3. The van der Waals surface area contributed by atoms with E-state index in [9.17, 15) is 0 Å². The quantitative estimate of drug-likeness (QED) is 0.400. The van der Waals surface area contributed by atoms with Crippen LogP contribution in [0.5, 0.6) is 0 Å². The van der Waals surface area contributed by atoms with Crippen molar-refractivity contribution < 1.29 is 4.39 Å². The van der Waals surface area contributed by atoms with Gasteiger partial charge in [0.25, 0.3) is 0 Å². The predicted octanol–water partition coefficient (Wildman–Crippen LogP) is 6.11. The second kappa shape index (κ2) is 8.43. The molecule has 1 saturated heterocycles. The molecule has 0 radical (unpaired) electrons. The number of piperidine rings is 1. The highest BCUT2D eigenvalue weighted by atomic mass is 19.1. The number of anilines is 1. The lowest BCUT2D eigenvalue weighted by atomic mass is 9.88. The van der Waals surface area contributed by atoms with Crippen LogP contribution < -0.4 is 4.90 Å². The topological polar surface area (TPSA) is 62.1 Å². The van der Waals surface area contributed by atoms with Crippen LogP contribution in [0.1, 0.15) is 64.0 Å². The number of aryl methyl sites for hydroxylation is 1.